The predicted octanol–water partition coefficient (Wildman–Crippen LogP) is 3.62. The topological polar surface area (TPSA) is 54.0 Å². The van der Waals surface area contributed by atoms with Gasteiger partial charge in [-0.25, -0.2) is 0 Å². The molecule has 5 heteroatoms. The lowest BCUT2D eigenvalue weighted by atomic mass is 9.94. The van der Waals surface area contributed by atoms with Crippen molar-refractivity contribution < 1.29 is 4.79 Å². The van der Waals surface area contributed by atoms with E-state index in [1.807, 2.05) is 42.5 Å². The number of Topliss-reactive ketones (excluding diaryl/α,β-unsaturated/α-hetero) is 1. The average Bonchev–Trinajstić information content (AvgIpc) is 2.61. The number of anilines is 1. The molecule has 0 radical (unpaired) electrons. The van der Waals surface area contributed by atoms with Gasteiger partial charge in [-0.15, -0.1) is 0 Å². The Bertz CT molecular complexity index is 757. The molecule has 0 fully saturated rings. The van der Waals surface area contributed by atoms with E-state index in [9.17, 15) is 4.79 Å². The van der Waals surface area contributed by atoms with Gasteiger partial charge in [0.05, 0.1) is 5.57 Å². The molecule has 0 amide bonds. The zero-order valence-corrected chi connectivity index (χ0v) is 14.1. The monoisotopic (exact) mass is 337 g/mol. The molecule has 2 N–H and O–H groups in total. The fraction of sp³-hybridized carbons (Fsp3) is 0.211. The normalized spacial score (nSPS) is 14.4. The van der Waals surface area contributed by atoms with Gasteiger partial charge >= 0.3 is 0 Å². The highest BCUT2D eigenvalue weighted by molar-refractivity contribution is 7.81. The van der Waals surface area contributed by atoms with Crippen LogP contribution in [-0.4, -0.2) is 15.8 Å². The maximum atomic E-state index is 12.4. The van der Waals surface area contributed by atoms with Gasteiger partial charge in [0.1, 0.15) is 4.99 Å². The highest BCUT2D eigenvalue weighted by Gasteiger charge is 2.24. The van der Waals surface area contributed by atoms with E-state index in [1.54, 1.807) is 12.4 Å². The van der Waals surface area contributed by atoms with Crippen LogP contribution < -0.4 is 10.6 Å². The smallest absolute Gasteiger partial charge is 0.167 e. The van der Waals surface area contributed by atoms with Crippen LogP contribution in [0.3, 0.4) is 0 Å². The number of carbonyl (C=O) groups excluding carboxylic acids is 1. The van der Waals surface area contributed by atoms with Crippen LogP contribution in [0.25, 0.3) is 0 Å². The molecule has 0 saturated carbocycles. The first-order valence-corrected chi connectivity index (χ1v) is 8.40. The zero-order valence-electron chi connectivity index (χ0n) is 13.3. The van der Waals surface area contributed by atoms with Crippen molar-refractivity contribution in [3.8, 4) is 0 Å². The van der Waals surface area contributed by atoms with Crippen molar-refractivity contribution in [1.82, 2.24) is 10.3 Å². The predicted molar refractivity (Wildman–Crippen MR) is 99.6 cm³/mol. The van der Waals surface area contributed by atoms with Gasteiger partial charge in [-0.3, -0.25) is 9.78 Å². The first-order valence-electron chi connectivity index (χ1n) is 7.99. The molecule has 24 heavy (non-hydrogen) atoms. The van der Waals surface area contributed by atoms with Crippen molar-refractivity contribution in [1.29, 1.82) is 0 Å². The Morgan fingerprint density at radius 2 is 1.83 bits per heavy atom. The lowest BCUT2D eigenvalue weighted by molar-refractivity contribution is -0.115. The summed E-state index contributed by atoms with van der Waals surface area (Å²) in [7, 11) is 0. The first-order chi connectivity index (χ1) is 11.7. The van der Waals surface area contributed by atoms with E-state index in [1.165, 1.54) is 0 Å². The molecule has 1 aliphatic rings. The summed E-state index contributed by atoms with van der Waals surface area (Å²) in [6, 6.07) is 13.6. The molecule has 0 saturated heterocycles. The molecular weight excluding hydrogens is 318 g/mol. The number of aromatic nitrogens is 1. The summed E-state index contributed by atoms with van der Waals surface area (Å²) in [5.41, 5.74) is 3.56. The van der Waals surface area contributed by atoms with Crippen LogP contribution in [0.5, 0.6) is 0 Å². The molecule has 2 aromatic rings. The van der Waals surface area contributed by atoms with Gasteiger partial charge in [0.25, 0.3) is 0 Å². The lowest BCUT2D eigenvalue weighted by Gasteiger charge is -2.22. The number of benzene rings is 1. The second-order valence-corrected chi connectivity index (χ2v) is 6.07. The third kappa shape index (κ3) is 4.06. The minimum absolute atomic E-state index is 0.104. The molecule has 1 aromatic carbocycles. The van der Waals surface area contributed by atoms with Crippen molar-refractivity contribution in [2.24, 2.45) is 0 Å². The second kappa shape index (κ2) is 7.84. The summed E-state index contributed by atoms with van der Waals surface area (Å²) in [6.07, 6.45) is 5.77. The SMILES string of the molecule is O=C1CCCC(NCc2ccncc2)=C1C(=S)Nc1ccccc1. The van der Waals surface area contributed by atoms with E-state index in [-0.39, 0.29) is 5.78 Å². The summed E-state index contributed by atoms with van der Waals surface area (Å²) in [5.74, 6) is 0.104. The van der Waals surface area contributed by atoms with E-state index < -0.39 is 0 Å². The van der Waals surface area contributed by atoms with Gasteiger partial charge in [0.2, 0.25) is 0 Å². The molecule has 0 spiro atoms. The first kappa shape index (κ1) is 16.3. The van der Waals surface area contributed by atoms with Gasteiger partial charge < -0.3 is 10.6 Å². The molecule has 122 valence electrons. The van der Waals surface area contributed by atoms with Gasteiger partial charge in [0.15, 0.2) is 5.78 Å². The van der Waals surface area contributed by atoms with Crippen molar-refractivity contribution >= 4 is 28.7 Å². The fourth-order valence-corrected chi connectivity index (χ4v) is 3.06. The van der Waals surface area contributed by atoms with Crippen LogP contribution in [0.2, 0.25) is 0 Å². The molecule has 0 atom stereocenters. The Labute approximate surface area is 147 Å². The number of thiocarbonyl (C=S) groups is 1. The van der Waals surface area contributed by atoms with Gasteiger partial charge in [-0.05, 0) is 42.7 Å². The minimum Gasteiger partial charge on any atom is -0.384 e. The Balaban J connectivity index is 1.78. The maximum absolute atomic E-state index is 12.4. The highest BCUT2D eigenvalue weighted by Crippen LogP contribution is 2.23. The van der Waals surface area contributed by atoms with Gasteiger partial charge in [0, 0.05) is 36.7 Å². The Kier molecular flexibility index (Phi) is 5.33. The van der Waals surface area contributed by atoms with Gasteiger partial charge in [-0.1, -0.05) is 30.4 Å². The number of rotatable bonds is 5. The summed E-state index contributed by atoms with van der Waals surface area (Å²) in [6.45, 7) is 0.655. The molecule has 1 aliphatic carbocycles. The number of nitrogens with zero attached hydrogens (tertiary/aromatic N) is 1. The summed E-state index contributed by atoms with van der Waals surface area (Å²) >= 11 is 5.50. The standard InChI is InChI=1S/C19H19N3OS/c23-17-8-4-7-16(21-13-14-9-11-20-12-10-14)18(17)19(24)22-15-5-2-1-3-6-15/h1-3,5-6,9-12,21H,4,7-8,13H2,(H,22,24). The van der Waals surface area contributed by atoms with Crippen LogP contribution in [0.1, 0.15) is 24.8 Å². The number of hydrogen-bond acceptors (Lipinski definition) is 4. The number of allylic oxidation sites excluding steroid dienone is 1. The van der Waals surface area contributed by atoms with Gasteiger partial charge in [-0.2, -0.15) is 0 Å². The number of carbonyl (C=O) groups is 1. The molecule has 0 aliphatic heterocycles. The van der Waals surface area contributed by atoms with E-state index >= 15 is 0 Å². The van der Waals surface area contributed by atoms with Crippen molar-refractivity contribution in [2.75, 3.05) is 5.32 Å². The summed E-state index contributed by atoms with van der Waals surface area (Å²) in [5, 5.41) is 6.56. The van der Waals surface area contributed by atoms with Crippen LogP contribution in [0.15, 0.2) is 66.1 Å². The molecule has 1 aromatic heterocycles. The van der Waals surface area contributed by atoms with Crippen molar-refractivity contribution in [3.63, 3.8) is 0 Å². The number of para-hydroxylation sites is 1. The summed E-state index contributed by atoms with van der Waals surface area (Å²) < 4.78 is 0. The Morgan fingerprint density at radius 1 is 1.08 bits per heavy atom. The molecule has 0 unspecified atom stereocenters. The lowest BCUT2D eigenvalue weighted by Crippen LogP contribution is -2.28. The van der Waals surface area contributed by atoms with Crippen LogP contribution in [0, 0.1) is 0 Å². The largest absolute Gasteiger partial charge is 0.384 e. The number of pyridine rings is 1. The molecule has 4 nitrogen and oxygen atoms in total. The van der Waals surface area contributed by atoms with Crippen molar-refractivity contribution in [2.45, 2.75) is 25.8 Å². The van der Waals surface area contributed by atoms with Crippen LogP contribution in [-0.2, 0) is 11.3 Å². The quantitative estimate of drug-likeness (QED) is 0.816. The maximum Gasteiger partial charge on any atom is 0.167 e. The highest BCUT2D eigenvalue weighted by atomic mass is 32.1. The van der Waals surface area contributed by atoms with E-state index in [0.717, 1.165) is 29.8 Å². The van der Waals surface area contributed by atoms with E-state index in [0.29, 0.717) is 23.5 Å². The third-order valence-corrected chi connectivity index (χ3v) is 4.23. The molecule has 1 heterocycles. The molecular formula is C19H19N3OS. The molecule has 0 bridgehead atoms. The number of hydrogen-bond donors (Lipinski definition) is 2. The minimum atomic E-state index is 0.104. The Morgan fingerprint density at radius 3 is 2.58 bits per heavy atom. The summed E-state index contributed by atoms with van der Waals surface area (Å²) in [4.78, 5) is 16.9. The zero-order chi connectivity index (χ0) is 16.8. The second-order valence-electron chi connectivity index (χ2n) is 5.66. The Hall–Kier alpha value is -2.53. The number of nitrogens with one attached hydrogen (secondary N) is 2. The van der Waals surface area contributed by atoms with E-state index in [4.69, 9.17) is 12.2 Å². The van der Waals surface area contributed by atoms with E-state index in [2.05, 4.69) is 15.6 Å². The molecule has 3 rings (SSSR count). The van der Waals surface area contributed by atoms with Crippen molar-refractivity contribution in [3.05, 3.63) is 71.7 Å². The number of ketones is 1. The van der Waals surface area contributed by atoms with Crippen LogP contribution >= 0.6 is 12.2 Å². The fourth-order valence-electron chi connectivity index (χ4n) is 2.71. The average molecular weight is 337 g/mol. The van der Waals surface area contributed by atoms with Crippen LogP contribution in [0.4, 0.5) is 5.69 Å². The third-order valence-electron chi connectivity index (χ3n) is 3.93.